The van der Waals surface area contributed by atoms with Crippen LogP contribution in [0.25, 0.3) is 10.8 Å². The molecule has 0 aliphatic heterocycles. The molecule has 0 unspecified atom stereocenters. The molecule has 0 aliphatic rings. The molecule has 5 heteroatoms. The summed E-state index contributed by atoms with van der Waals surface area (Å²) >= 11 is 0. The average molecular weight is 264 g/mol. The zero-order valence-electron chi connectivity index (χ0n) is 10.2. The Balaban J connectivity index is 2.58. The summed E-state index contributed by atoms with van der Waals surface area (Å²) in [5.41, 5.74) is 6.32. The van der Waals surface area contributed by atoms with Crippen LogP contribution in [0.5, 0.6) is 0 Å². The fraction of sp³-hybridized carbons (Fsp3) is 0.231. The second-order valence-corrected chi connectivity index (χ2v) is 5.87. The van der Waals surface area contributed by atoms with Crippen molar-refractivity contribution in [1.82, 2.24) is 4.72 Å². The maximum Gasteiger partial charge on any atom is 0.241 e. The minimum atomic E-state index is -3.45. The number of nitrogens with one attached hydrogen (secondary N) is 1. The fourth-order valence-electron chi connectivity index (χ4n) is 1.82. The summed E-state index contributed by atoms with van der Waals surface area (Å²) in [5.74, 6) is 0. The number of nitrogen functional groups attached to an aromatic ring is 1. The molecule has 96 valence electrons. The van der Waals surface area contributed by atoms with Crippen LogP contribution < -0.4 is 10.5 Å². The van der Waals surface area contributed by atoms with Crippen molar-refractivity contribution in [3.8, 4) is 0 Å². The van der Waals surface area contributed by atoms with E-state index < -0.39 is 10.0 Å². The second-order valence-electron chi connectivity index (χ2n) is 4.13. The van der Waals surface area contributed by atoms with Crippen LogP contribution in [0.3, 0.4) is 0 Å². The Labute approximate surface area is 107 Å². The van der Waals surface area contributed by atoms with Crippen LogP contribution in [0.2, 0.25) is 0 Å². The third kappa shape index (κ3) is 2.47. The molecule has 0 fully saturated rings. The summed E-state index contributed by atoms with van der Waals surface area (Å²) < 4.78 is 26.9. The number of fused-ring (bicyclic) bond motifs is 1. The van der Waals surface area contributed by atoms with Crippen LogP contribution in [-0.4, -0.2) is 15.0 Å². The second kappa shape index (κ2) is 4.96. The predicted octanol–water partition coefficient (Wildman–Crippen LogP) is 2.11. The molecule has 0 heterocycles. The summed E-state index contributed by atoms with van der Waals surface area (Å²) in [7, 11) is -3.45. The van der Waals surface area contributed by atoms with E-state index in [9.17, 15) is 8.42 Å². The number of anilines is 1. The van der Waals surface area contributed by atoms with Crippen molar-refractivity contribution in [2.75, 3.05) is 12.3 Å². The quantitative estimate of drug-likeness (QED) is 0.831. The molecule has 0 saturated carbocycles. The maximum atomic E-state index is 12.1. The molecular formula is C13H16N2O2S. The Hall–Kier alpha value is -1.59. The van der Waals surface area contributed by atoms with Gasteiger partial charge in [-0.3, -0.25) is 0 Å². The van der Waals surface area contributed by atoms with Gasteiger partial charge in [-0.1, -0.05) is 25.1 Å². The lowest BCUT2D eigenvalue weighted by Gasteiger charge is -2.09. The van der Waals surface area contributed by atoms with Crippen LogP contribution in [0.15, 0.2) is 41.3 Å². The van der Waals surface area contributed by atoms with E-state index in [0.29, 0.717) is 22.5 Å². The van der Waals surface area contributed by atoms with Crippen LogP contribution in [0.1, 0.15) is 13.3 Å². The van der Waals surface area contributed by atoms with E-state index in [4.69, 9.17) is 5.73 Å². The van der Waals surface area contributed by atoms with E-state index in [1.54, 1.807) is 30.3 Å². The molecule has 2 rings (SSSR count). The van der Waals surface area contributed by atoms with Gasteiger partial charge in [0.2, 0.25) is 10.0 Å². The largest absolute Gasteiger partial charge is 0.399 e. The molecule has 0 bridgehead atoms. The molecule has 18 heavy (non-hydrogen) atoms. The van der Waals surface area contributed by atoms with Gasteiger partial charge in [0.15, 0.2) is 0 Å². The van der Waals surface area contributed by atoms with Crippen LogP contribution >= 0.6 is 0 Å². The molecule has 2 aromatic carbocycles. The highest BCUT2D eigenvalue weighted by atomic mass is 32.2. The maximum absolute atomic E-state index is 12.1. The first-order valence-corrected chi connectivity index (χ1v) is 7.31. The Morgan fingerprint density at radius 2 is 2.00 bits per heavy atom. The van der Waals surface area contributed by atoms with Crippen LogP contribution in [-0.2, 0) is 10.0 Å². The van der Waals surface area contributed by atoms with Crippen molar-refractivity contribution in [3.05, 3.63) is 36.4 Å². The van der Waals surface area contributed by atoms with Crippen LogP contribution in [0.4, 0.5) is 5.69 Å². The first-order chi connectivity index (χ1) is 8.54. The molecule has 0 aliphatic carbocycles. The molecule has 0 radical (unpaired) electrons. The monoisotopic (exact) mass is 264 g/mol. The average Bonchev–Trinajstić information content (AvgIpc) is 2.35. The highest BCUT2D eigenvalue weighted by Crippen LogP contribution is 2.24. The summed E-state index contributed by atoms with van der Waals surface area (Å²) in [6.07, 6.45) is 0.761. The first-order valence-electron chi connectivity index (χ1n) is 5.82. The molecule has 0 saturated heterocycles. The summed E-state index contributed by atoms with van der Waals surface area (Å²) in [6.45, 7) is 2.36. The van der Waals surface area contributed by atoms with Gasteiger partial charge in [0.25, 0.3) is 0 Å². The minimum absolute atomic E-state index is 0.299. The third-order valence-electron chi connectivity index (χ3n) is 2.70. The third-order valence-corrected chi connectivity index (χ3v) is 4.22. The summed E-state index contributed by atoms with van der Waals surface area (Å²) in [4.78, 5) is 0.299. The summed E-state index contributed by atoms with van der Waals surface area (Å²) in [6, 6.07) is 10.4. The van der Waals surface area contributed by atoms with Crippen molar-refractivity contribution < 1.29 is 8.42 Å². The first kappa shape index (κ1) is 12.9. The van der Waals surface area contributed by atoms with Crippen LogP contribution in [0, 0.1) is 0 Å². The lowest BCUT2D eigenvalue weighted by atomic mass is 10.1. The van der Waals surface area contributed by atoms with Crippen molar-refractivity contribution in [2.24, 2.45) is 0 Å². The Morgan fingerprint density at radius 3 is 2.72 bits per heavy atom. The Bertz CT molecular complexity index is 666. The lowest BCUT2D eigenvalue weighted by molar-refractivity contribution is 0.581. The number of benzene rings is 2. The Morgan fingerprint density at radius 1 is 1.22 bits per heavy atom. The number of hydrogen-bond acceptors (Lipinski definition) is 3. The molecule has 0 atom stereocenters. The zero-order chi connectivity index (χ0) is 13.2. The van der Waals surface area contributed by atoms with Gasteiger partial charge in [0, 0.05) is 17.6 Å². The molecule has 3 N–H and O–H groups in total. The smallest absolute Gasteiger partial charge is 0.241 e. The number of rotatable bonds is 4. The van der Waals surface area contributed by atoms with Gasteiger partial charge in [-0.05, 0) is 30.0 Å². The summed E-state index contributed by atoms with van der Waals surface area (Å²) in [5, 5.41) is 1.52. The SMILES string of the molecule is CCCNS(=O)(=O)c1cccc2cc(N)ccc12. The molecule has 4 nitrogen and oxygen atoms in total. The van der Waals surface area contributed by atoms with E-state index in [0.717, 1.165) is 11.8 Å². The van der Waals surface area contributed by atoms with E-state index in [1.165, 1.54) is 0 Å². The normalized spacial score (nSPS) is 11.8. The van der Waals surface area contributed by atoms with Crippen molar-refractivity contribution in [2.45, 2.75) is 18.2 Å². The van der Waals surface area contributed by atoms with Gasteiger partial charge in [-0.15, -0.1) is 0 Å². The molecule has 0 spiro atoms. The number of nitrogens with two attached hydrogens (primary N) is 1. The van der Waals surface area contributed by atoms with E-state index in [-0.39, 0.29) is 0 Å². The van der Waals surface area contributed by atoms with Gasteiger partial charge in [-0.25, -0.2) is 13.1 Å². The van der Waals surface area contributed by atoms with E-state index >= 15 is 0 Å². The standard InChI is InChI=1S/C13H16N2O2S/c1-2-8-15-18(16,17)13-5-3-4-10-9-11(14)6-7-12(10)13/h3-7,9,15H,2,8,14H2,1H3. The van der Waals surface area contributed by atoms with E-state index in [1.807, 2.05) is 13.0 Å². The van der Waals surface area contributed by atoms with Gasteiger partial charge >= 0.3 is 0 Å². The van der Waals surface area contributed by atoms with E-state index in [2.05, 4.69) is 4.72 Å². The van der Waals surface area contributed by atoms with Crippen molar-refractivity contribution >= 4 is 26.5 Å². The van der Waals surface area contributed by atoms with Gasteiger partial charge < -0.3 is 5.73 Å². The lowest BCUT2D eigenvalue weighted by Crippen LogP contribution is -2.24. The highest BCUT2D eigenvalue weighted by molar-refractivity contribution is 7.89. The molecule has 0 amide bonds. The van der Waals surface area contributed by atoms with Gasteiger partial charge in [-0.2, -0.15) is 0 Å². The van der Waals surface area contributed by atoms with Gasteiger partial charge in [0.05, 0.1) is 4.90 Å². The number of hydrogen-bond donors (Lipinski definition) is 2. The Kier molecular flexibility index (Phi) is 3.54. The van der Waals surface area contributed by atoms with Crippen molar-refractivity contribution in [1.29, 1.82) is 0 Å². The zero-order valence-corrected chi connectivity index (χ0v) is 11.0. The minimum Gasteiger partial charge on any atom is -0.399 e. The van der Waals surface area contributed by atoms with Crippen molar-refractivity contribution in [3.63, 3.8) is 0 Å². The molecular weight excluding hydrogens is 248 g/mol. The molecule has 2 aromatic rings. The topological polar surface area (TPSA) is 72.2 Å². The van der Waals surface area contributed by atoms with Gasteiger partial charge in [0.1, 0.15) is 0 Å². The predicted molar refractivity (Wildman–Crippen MR) is 73.8 cm³/mol. The molecule has 0 aromatic heterocycles. The fourth-order valence-corrected chi connectivity index (χ4v) is 3.18. The highest BCUT2D eigenvalue weighted by Gasteiger charge is 2.16. The number of sulfonamides is 1.